The van der Waals surface area contributed by atoms with Crippen molar-refractivity contribution in [2.75, 3.05) is 36.4 Å². The molecule has 0 aromatic heterocycles. The summed E-state index contributed by atoms with van der Waals surface area (Å²) in [7, 11) is 0. The maximum atomic E-state index is 12.5. The number of nitrogens with zero attached hydrogens (tertiary/aromatic N) is 2. The lowest BCUT2D eigenvalue weighted by Crippen LogP contribution is -2.48. The van der Waals surface area contributed by atoms with Gasteiger partial charge in [-0.1, -0.05) is 30.7 Å². The Hall–Kier alpha value is -2.53. The summed E-state index contributed by atoms with van der Waals surface area (Å²) in [6.45, 7) is 4.79. The van der Waals surface area contributed by atoms with Gasteiger partial charge in [0.25, 0.3) is 5.91 Å². The van der Waals surface area contributed by atoms with Crippen molar-refractivity contribution in [1.82, 2.24) is 4.90 Å². The zero-order chi connectivity index (χ0) is 18.5. The van der Waals surface area contributed by atoms with Gasteiger partial charge in [-0.05, 0) is 36.4 Å². The van der Waals surface area contributed by atoms with Crippen LogP contribution in [0.3, 0.4) is 0 Å². The predicted molar refractivity (Wildman–Crippen MR) is 105 cm³/mol. The van der Waals surface area contributed by atoms with Crippen LogP contribution in [0.25, 0.3) is 0 Å². The topological polar surface area (TPSA) is 52.7 Å². The maximum Gasteiger partial charge on any atom is 0.255 e. The number of halogens is 1. The highest BCUT2D eigenvalue weighted by atomic mass is 35.5. The molecule has 0 saturated carbocycles. The predicted octanol–water partition coefficient (Wildman–Crippen LogP) is 3.65. The van der Waals surface area contributed by atoms with Crippen LogP contribution in [0.15, 0.2) is 48.5 Å². The number of carbonyl (C=O) groups is 2. The lowest BCUT2D eigenvalue weighted by Gasteiger charge is -2.36. The van der Waals surface area contributed by atoms with E-state index < -0.39 is 0 Å². The summed E-state index contributed by atoms with van der Waals surface area (Å²) in [6.07, 6.45) is 0.535. The molecule has 2 aromatic carbocycles. The number of hydrogen-bond donors (Lipinski definition) is 1. The zero-order valence-electron chi connectivity index (χ0n) is 14.7. The summed E-state index contributed by atoms with van der Waals surface area (Å²) in [4.78, 5) is 28.5. The molecule has 1 aliphatic heterocycles. The van der Waals surface area contributed by atoms with E-state index in [-0.39, 0.29) is 11.8 Å². The van der Waals surface area contributed by atoms with Gasteiger partial charge in [0.1, 0.15) is 0 Å². The van der Waals surface area contributed by atoms with Crippen molar-refractivity contribution >= 4 is 34.8 Å². The van der Waals surface area contributed by atoms with E-state index >= 15 is 0 Å². The Labute approximate surface area is 158 Å². The van der Waals surface area contributed by atoms with Crippen LogP contribution in [0.5, 0.6) is 0 Å². The Kier molecular flexibility index (Phi) is 5.78. The maximum absolute atomic E-state index is 12.5. The van der Waals surface area contributed by atoms with E-state index in [1.54, 1.807) is 24.3 Å². The molecule has 0 bridgehead atoms. The Bertz CT molecular complexity index is 784. The van der Waals surface area contributed by atoms with Crippen LogP contribution in [0.2, 0.25) is 5.02 Å². The first-order chi connectivity index (χ1) is 12.6. The number of carbonyl (C=O) groups excluding carboxylic acids is 2. The Morgan fingerprint density at radius 2 is 1.65 bits per heavy atom. The summed E-state index contributed by atoms with van der Waals surface area (Å²) in [5.41, 5.74) is 2.30. The molecule has 2 amide bonds. The van der Waals surface area contributed by atoms with Gasteiger partial charge in [0.15, 0.2) is 0 Å². The molecule has 136 valence electrons. The van der Waals surface area contributed by atoms with E-state index in [4.69, 9.17) is 11.6 Å². The van der Waals surface area contributed by atoms with Gasteiger partial charge in [-0.15, -0.1) is 0 Å². The Balaban J connectivity index is 1.72. The summed E-state index contributed by atoms with van der Waals surface area (Å²) in [5, 5.41) is 3.58. The third-order valence-corrected chi connectivity index (χ3v) is 4.79. The molecule has 3 rings (SSSR count). The highest BCUT2D eigenvalue weighted by Gasteiger charge is 2.22. The third-order valence-electron chi connectivity index (χ3n) is 4.53. The minimum atomic E-state index is -0.172. The van der Waals surface area contributed by atoms with Crippen LogP contribution in [0.1, 0.15) is 23.7 Å². The van der Waals surface area contributed by atoms with Gasteiger partial charge in [0, 0.05) is 43.2 Å². The largest absolute Gasteiger partial charge is 0.366 e. The van der Waals surface area contributed by atoms with Gasteiger partial charge in [-0.2, -0.15) is 0 Å². The quantitative estimate of drug-likeness (QED) is 0.892. The molecule has 1 fully saturated rings. The van der Waals surface area contributed by atoms with Crippen molar-refractivity contribution in [2.45, 2.75) is 13.3 Å². The van der Waals surface area contributed by atoms with E-state index in [9.17, 15) is 9.59 Å². The molecule has 1 N–H and O–H groups in total. The standard InChI is InChI=1S/C20H22ClN3O2/c1-2-19(25)24-13-11-23(12-14-24)18-6-4-3-5-17(18)22-20(26)15-7-9-16(21)10-8-15/h3-10H,2,11-14H2,1H3,(H,22,26). The van der Waals surface area contributed by atoms with Crippen LogP contribution in [0, 0.1) is 0 Å². The number of rotatable bonds is 4. The van der Waals surface area contributed by atoms with Gasteiger partial charge in [0.05, 0.1) is 11.4 Å². The summed E-state index contributed by atoms with van der Waals surface area (Å²) in [5.74, 6) is 0.0166. The van der Waals surface area contributed by atoms with Crippen LogP contribution >= 0.6 is 11.6 Å². The molecule has 1 saturated heterocycles. The molecule has 0 atom stereocenters. The molecule has 1 heterocycles. The molecule has 26 heavy (non-hydrogen) atoms. The SMILES string of the molecule is CCC(=O)N1CCN(c2ccccc2NC(=O)c2ccc(Cl)cc2)CC1. The monoisotopic (exact) mass is 371 g/mol. The zero-order valence-corrected chi connectivity index (χ0v) is 15.5. The molecular weight excluding hydrogens is 350 g/mol. The average molecular weight is 372 g/mol. The first-order valence-electron chi connectivity index (χ1n) is 8.77. The van der Waals surface area contributed by atoms with Crippen molar-refractivity contribution in [1.29, 1.82) is 0 Å². The first kappa shape index (κ1) is 18.3. The summed E-state index contributed by atoms with van der Waals surface area (Å²) < 4.78 is 0. The molecule has 1 aliphatic rings. The van der Waals surface area contributed by atoms with E-state index in [2.05, 4.69) is 10.2 Å². The first-order valence-corrected chi connectivity index (χ1v) is 9.15. The van der Waals surface area contributed by atoms with E-state index in [0.29, 0.717) is 30.1 Å². The fourth-order valence-corrected chi connectivity index (χ4v) is 3.20. The lowest BCUT2D eigenvalue weighted by molar-refractivity contribution is -0.131. The van der Waals surface area contributed by atoms with Gasteiger partial charge in [-0.25, -0.2) is 0 Å². The fourth-order valence-electron chi connectivity index (χ4n) is 3.07. The Morgan fingerprint density at radius 1 is 1.00 bits per heavy atom. The van der Waals surface area contributed by atoms with Gasteiger partial charge >= 0.3 is 0 Å². The molecule has 2 aromatic rings. The Morgan fingerprint density at radius 3 is 2.31 bits per heavy atom. The van der Waals surface area contributed by atoms with Gasteiger partial charge < -0.3 is 15.1 Å². The number of piperazine rings is 1. The highest BCUT2D eigenvalue weighted by molar-refractivity contribution is 6.30. The van der Waals surface area contributed by atoms with Gasteiger partial charge in [0.2, 0.25) is 5.91 Å². The van der Waals surface area contributed by atoms with Crippen LogP contribution < -0.4 is 10.2 Å². The number of nitrogens with one attached hydrogen (secondary N) is 1. The van der Waals surface area contributed by atoms with E-state index in [1.165, 1.54) is 0 Å². The van der Waals surface area contributed by atoms with E-state index in [1.807, 2.05) is 36.1 Å². The van der Waals surface area contributed by atoms with Crippen molar-refractivity contribution in [3.8, 4) is 0 Å². The van der Waals surface area contributed by atoms with Crippen LogP contribution in [0.4, 0.5) is 11.4 Å². The second-order valence-corrected chi connectivity index (χ2v) is 6.64. The molecule has 0 radical (unpaired) electrons. The molecular formula is C20H22ClN3O2. The smallest absolute Gasteiger partial charge is 0.255 e. The molecule has 0 aliphatic carbocycles. The molecule has 5 nitrogen and oxygen atoms in total. The van der Waals surface area contributed by atoms with E-state index in [0.717, 1.165) is 24.5 Å². The van der Waals surface area contributed by atoms with Crippen LogP contribution in [-0.4, -0.2) is 42.9 Å². The second kappa shape index (κ2) is 8.23. The normalized spacial score (nSPS) is 14.2. The summed E-state index contributed by atoms with van der Waals surface area (Å²) >= 11 is 5.88. The minimum absolute atomic E-state index is 0.172. The van der Waals surface area contributed by atoms with Crippen molar-refractivity contribution in [3.63, 3.8) is 0 Å². The number of amides is 2. The number of hydrogen-bond acceptors (Lipinski definition) is 3. The fraction of sp³-hybridized carbons (Fsp3) is 0.300. The van der Waals surface area contributed by atoms with Crippen molar-refractivity contribution in [3.05, 3.63) is 59.1 Å². The van der Waals surface area contributed by atoms with Crippen molar-refractivity contribution in [2.24, 2.45) is 0 Å². The molecule has 0 spiro atoms. The summed E-state index contributed by atoms with van der Waals surface area (Å²) in [6, 6.07) is 14.6. The second-order valence-electron chi connectivity index (χ2n) is 6.20. The van der Waals surface area contributed by atoms with Crippen LogP contribution in [-0.2, 0) is 4.79 Å². The number of para-hydroxylation sites is 2. The lowest BCUT2D eigenvalue weighted by atomic mass is 10.1. The molecule has 6 heteroatoms. The third kappa shape index (κ3) is 4.17. The molecule has 0 unspecified atom stereocenters. The minimum Gasteiger partial charge on any atom is -0.366 e. The number of anilines is 2. The highest BCUT2D eigenvalue weighted by Crippen LogP contribution is 2.27. The van der Waals surface area contributed by atoms with Gasteiger partial charge in [-0.3, -0.25) is 9.59 Å². The average Bonchev–Trinajstić information content (AvgIpc) is 2.68. The van der Waals surface area contributed by atoms with Crippen molar-refractivity contribution < 1.29 is 9.59 Å². The number of benzene rings is 2.